The monoisotopic (exact) mass is 356 g/mol. The number of esters is 1. The van der Waals surface area contributed by atoms with Crippen LogP contribution >= 0.6 is 0 Å². The van der Waals surface area contributed by atoms with Crippen molar-refractivity contribution < 1.29 is 24.0 Å². The van der Waals surface area contributed by atoms with Crippen molar-refractivity contribution in [2.45, 2.75) is 6.92 Å². The molecule has 134 valence electrons. The number of nitro benzene ring substituents is 1. The van der Waals surface area contributed by atoms with Gasteiger partial charge >= 0.3 is 5.97 Å². The van der Waals surface area contributed by atoms with Crippen molar-refractivity contribution in [3.05, 3.63) is 75.3 Å². The van der Waals surface area contributed by atoms with Crippen molar-refractivity contribution in [2.75, 3.05) is 13.2 Å². The van der Waals surface area contributed by atoms with Crippen molar-refractivity contribution in [1.82, 2.24) is 5.32 Å². The van der Waals surface area contributed by atoms with Gasteiger partial charge in [0.1, 0.15) is 6.54 Å². The minimum absolute atomic E-state index is 0.0726. The zero-order valence-corrected chi connectivity index (χ0v) is 13.9. The molecule has 2 rings (SSSR count). The third-order valence-electron chi connectivity index (χ3n) is 3.52. The number of nitro groups is 1. The lowest BCUT2D eigenvalue weighted by atomic mass is 10.1. The van der Waals surface area contributed by atoms with Gasteiger partial charge in [-0.15, -0.1) is 0 Å². The van der Waals surface area contributed by atoms with Crippen LogP contribution in [0.4, 0.5) is 5.69 Å². The second-order valence-corrected chi connectivity index (χ2v) is 5.39. The van der Waals surface area contributed by atoms with Crippen molar-refractivity contribution in [3.8, 4) is 0 Å². The van der Waals surface area contributed by atoms with Crippen LogP contribution in [0, 0.1) is 17.0 Å². The van der Waals surface area contributed by atoms with E-state index in [1.54, 1.807) is 37.3 Å². The fraction of sp³-hybridized carbons (Fsp3) is 0.167. The van der Waals surface area contributed by atoms with E-state index in [1.165, 1.54) is 12.1 Å². The summed E-state index contributed by atoms with van der Waals surface area (Å²) in [7, 11) is 0. The number of carbonyl (C=O) groups is 3. The molecule has 1 N–H and O–H groups in total. The van der Waals surface area contributed by atoms with E-state index in [9.17, 15) is 24.5 Å². The molecule has 0 atom stereocenters. The number of carbonyl (C=O) groups excluding carboxylic acids is 3. The molecule has 0 heterocycles. The first kappa shape index (κ1) is 18.8. The van der Waals surface area contributed by atoms with Gasteiger partial charge in [0.15, 0.2) is 6.61 Å². The third kappa shape index (κ3) is 4.97. The molecule has 1 amide bonds. The number of nitrogens with one attached hydrogen (secondary N) is 1. The quantitative estimate of drug-likeness (QED) is 0.351. The molecule has 8 nitrogen and oxygen atoms in total. The van der Waals surface area contributed by atoms with Gasteiger partial charge in [-0.2, -0.15) is 0 Å². The second-order valence-electron chi connectivity index (χ2n) is 5.39. The van der Waals surface area contributed by atoms with Crippen LogP contribution in [0.2, 0.25) is 0 Å². The molecule has 0 fully saturated rings. The van der Waals surface area contributed by atoms with Gasteiger partial charge < -0.3 is 10.1 Å². The van der Waals surface area contributed by atoms with Gasteiger partial charge in [0, 0.05) is 22.8 Å². The Morgan fingerprint density at radius 2 is 1.77 bits per heavy atom. The Kier molecular flexibility index (Phi) is 6.15. The van der Waals surface area contributed by atoms with Crippen molar-refractivity contribution >= 4 is 23.3 Å². The van der Waals surface area contributed by atoms with E-state index in [2.05, 4.69) is 5.32 Å². The Balaban J connectivity index is 1.85. The van der Waals surface area contributed by atoms with Crippen LogP contribution in [0.3, 0.4) is 0 Å². The van der Waals surface area contributed by atoms with E-state index in [0.29, 0.717) is 11.1 Å². The Labute approximate surface area is 148 Å². The maximum absolute atomic E-state index is 12.0. The maximum Gasteiger partial charge on any atom is 0.325 e. The average molecular weight is 356 g/mol. The van der Waals surface area contributed by atoms with E-state index in [1.807, 2.05) is 0 Å². The number of Topliss-reactive ketones (excluding diaryl/α,β-unsaturated/α-hetero) is 1. The van der Waals surface area contributed by atoms with Crippen LogP contribution in [0.15, 0.2) is 48.5 Å². The molecule has 0 saturated heterocycles. The fourth-order valence-corrected chi connectivity index (χ4v) is 2.10. The summed E-state index contributed by atoms with van der Waals surface area (Å²) in [6, 6.07) is 12.3. The first-order chi connectivity index (χ1) is 12.4. The molecule has 0 saturated carbocycles. The molecule has 2 aromatic carbocycles. The minimum atomic E-state index is -0.788. The standard InChI is InChI=1S/C18H16N2O6/c1-12-7-8-14(9-15(12)20(24)25)16(21)11-26-17(22)10-19-18(23)13-5-3-2-4-6-13/h2-9H,10-11H2,1H3,(H,19,23). The molecule has 8 heteroatoms. The van der Waals surface area contributed by atoms with Gasteiger partial charge in [-0.3, -0.25) is 24.5 Å². The number of amides is 1. The van der Waals surface area contributed by atoms with Crippen LogP contribution in [0.5, 0.6) is 0 Å². The lowest BCUT2D eigenvalue weighted by Crippen LogP contribution is -2.31. The van der Waals surface area contributed by atoms with Gasteiger partial charge in [-0.05, 0) is 19.1 Å². The summed E-state index contributed by atoms with van der Waals surface area (Å²) < 4.78 is 4.80. The minimum Gasteiger partial charge on any atom is -0.456 e. The summed E-state index contributed by atoms with van der Waals surface area (Å²) in [6.07, 6.45) is 0. The highest BCUT2D eigenvalue weighted by molar-refractivity contribution is 5.99. The topological polar surface area (TPSA) is 116 Å². The maximum atomic E-state index is 12.0. The highest BCUT2D eigenvalue weighted by Gasteiger charge is 2.16. The number of hydrogen-bond acceptors (Lipinski definition) is 6. The van der Waals surface area contributed by atoms with E-state index in [4.69, 9.17) is 4.74 Å². The normalized spacial score (nSPS) is 10.0. The fourth-order valence-electron chi connectivity index (χ4n) is 2.10. The molecule has 0 unspecified atom stereocenters. The summed E-state index contributed by atoms with van der Waals surface area (Å²) in [6.45, 7) is 0.594. The van der Waals surface area contributed by atoms with Crippen LogP contribution in [-0.2, 0) is 9.53 Å². The molecule has 2 aromatic rings. The zero-order valence-electron chi connectivity index (χ0n) is 13.9. The molecule has 26 heavy (non-hydrogen) atoms. The van der Waals surface area contributed by atoms with Gasteiger partial charge in [0.25, 0.3) is 11.6 Å². The number of benzene rings is 2. The van der Waals surface area contributed by atoms with Crippen LogP contribution in [0.1, 0.15) is 26.3 Å². The predicted octanol–water partition coefficient (Wildman–Crippen LogP) is 2.06. The third-order valence-corrected chi connectivity index (χ3v) is 3.52. The molecule has 0 bridgehead atoms. The van der Waals surface area contributed by atoms with Crippen LogP contribution in [0.25, 0.3) is 0 Å². The van der Waals surface area contributed by atoms with E-state index in [0.717, 1.165) is 6.07 Å². The van der Waals surface area contributed by atoms with Crippen LogP contribution < -0.4 is 5.32 Å². The van der Waals surface area contributed by atoms with E-state index < -0.39 is 35.7 Å². The Morgan fingerprint density at radius 3 is 2.42 bits per heavy atom. The van der Waals surface area contributed by atoms with Crippen molar-refractivity contribution in [3.63, 3.8) is 0 Å². The molecular formula is C18H16N2O6. The highest BCUT2D eigenvalue weighted by atomic mass is 16.6. The zero-order chi connectivity index (χ0) is 19.1. The Hall–Kier alpha value is -3.55. The van der Waals surface area contributed by atoms with Gasteiger partial charge in [-0.25, -0.2) is 0 Å². The summed E-state index contributed by atoms with van der Waals surface area (Å²) in [5, 5.41) is 13.3. The Morgan fingerprint density at radius 1 is 1.08 bits per heavy atom. The van der Waals surface area contributed by atoms with Crippen molar-refractivity contribution in [1.29, 1.82) is 0 Å². The smallest absolute Gasteiger partial charge is 0.325 e. The largest absolute Gasteiger partial charge is 0.456 e. The van der Waals surface area contributed by atoms with Gasteiger partial charge in [0.05, 0.1) is 4.92 Å². The molecule has 0 aromatic heterocycles. The number of aryl methyl sites for hydroxylation is 1. The SMILES string of the molecule is Cc1ccc(C(=O)COC(=O)CNC(=O)c2ccccc2)cc1[N+](=O)[O-]. The highest BCUT2D eigenvalue weighted by Crippen LogP contribution is 2.19. The number of nitrogens with zero attached hydrogens (tertiary/aromatic N) is 1. The number of ether oxygens (including phenoxy) is 1. The van der Waals surface area contributed by atoms with Crippen molar-refractivity contribution in [2.24, 2.45) is 0 Å². The first-order valence-electron chi connectivity index (χ1n) is 7.65. The molecule has 0 aliphatic carbocycles. The lowest BCUT2D eigenvalue weighted by molar-refractivity contribution is -0.385. The summed E-state index contributed by atoms with van der Waals surface area (Å²) in [5.74, 6) is -1.80. The second kappa shape index (κ2) is 8.52. The number of hydrogen-bond donors (Lipinski definition) is 1. The molecular weight excluding hydrogens is 340 g/mol. The van der Waals surface area contributed by atoms with E-state index >= 15 is 0 Å². The summed E-state index contributed by atoms with van der Waals surface area (Å²) in [4.78, 5) is 45.8. The Bertz CT molecular complexity index is 848. The molecule has 0 radical (unpaired) electrons. The van der Waals surface area contributed by atoms with E-state index in [-0.39, 0.29) is 11.3 Å². The van der Waals surface area contributed by atoms with Gasteiger partial charge in [-0.1, -0.05) is 30.3 Å². The molecule has 0 spiro atoms. The lowest BCUT2D eigenvalue weighted by Gasteiger charge is -2.07. The molecule has 0 aliphatic rings. The molecule has 0 aliphatic heterocycles. The number of rotatable bonds is 7. The summed E-state index contributed by atoms with van der Waals surface area (Å²) in [5.41, 5.74) is 0.705. The summed E-state index contributed by atoms with van der Waals surface area (Å²) >= 11 is 0. The number of ketones is 1. The predicted molar refractivity (Wildman–Crippen MR) is 91.9 cm³/mol. The van der Waals surface area contributed by atoms with Crippen LogP contribution in [-0.4, -0.2) is 35.7 Å². The van der Waals surface area contributed by atoms with Gasteiger partial charge in [0.2, 0.25) is 5.78 Å². The first-order valence-corrected chi connectivity index (χ1v) is 7.65. The average Bonchev–Trinajstić information content (AvgIpc) is 2.64.